The minimum absolute atomic E-state index is 0.534. The van der Waals surface area contributed by atoms with Gasteiger partial charge in [-0.3, -0.25) is 0 Å². The normalized spacial score (nSPS) is 12.4. The van der Waals surface area contributed by atoms with Gasteiger partial charge in [-0.05, 0) is 42.8 Å². The van der Waals surface area contributed by atoms with E-state index in [0.29, 0.717) is 23.6 Å². The number of ether oxygens (including phenoxy) is 1. The molecule has 0 saturated carbocycles. The lowest BCUT2D eigenvalue weighted by molar-refractivity contribution is 0.0984. The Hall–Kier alpha value is -1.94. The van der Waals surface area contributed by atoms with E-state index in [1.165, 1.54) is 0 Å². The quantitative estimate of drug-likeness (QED) is 0.792. The zero-order valence-electron chi connectivity index (χ0n) is 11.9. The molecule has 0 bridgehead atoms. The Kier molecular flexibility index (Phi) is 5.69. The molecule has 0 spiro atoms. The molecule has 2 aromatic rings. The highest BCUT2D eigenvalue weighted by atomic mass is 19.3. The Balaban J connectivity index is 2.15. The number of nitrogens with one attached hydrogen (secondary N) is 1. The van der Waals surface area contributed by atoms with Gasteiger partial charge in [0.05, 0.1) is 6.04 Å². The second-order valence-electron chi connectivity index (χ2n) is 4.75. The van der Waals surface area contributed by atoms with Gasteiger partial charge < -0.3 is 10.1 Å². The minimum atomic E-state index is -2.46. The molecule has 1 N–H and O–H groups in total. The standard InChI is InChI=1S/C17H19F2NO/c1-2-11-20-16(17(18)19)13-7-6-10-15(12-13)21-14-8-4-3-5-9-14/h3-10,12,16-17,20H,2,11H2,1H3. The van der Waals surface area contributed by atoms with Crippen molar-refractivity contribution in [3.8, 4) is 11.5 Å². The van der Waals surface area contributed by atoms with Crippen LogP contribution in [-0.2, 0) is 0 Å². The molecule has 4 heteroatoms. The zero-order chi connectivity index (χ0) is 15.1. The zero-order valence-corrected chi connectivity index (χ0v) is 11.9. The summed E-state index contributed by atoms with van der Waals surface area (Å²) in [6, 6.07) is 15.2. The van der Waals surface area contributed by atoms with Crippen molar-refractivity contribution in [3.05, 3.63) is 60.2 Å². The number of rotatable bonds is 7. The van der Waals surface area contributed by atoms with E-state index in [1.807, 2.05) is 37.3 Å². The van der Waals surface area contributed by atoms with E-state index in [-0.39, 0.29) is 0 Å². The fraction of sp³-hybridized carbons (Fsp3) is 0.294. The van der Waals surface area contributed by atoms with Crippen molar-refractivity contribution in [1.29, 1.82) is 0 Å². The van der Waals surface area contributed by atoms with Crippen LogP contribution in [0.2, 0.25) is 0 Å². The molecular formula is C17H19F2NO. The summed E-state index contributed by atoms with van der Waals surface area (Å²) in [5.41, 5.74) is 0.534. The third-order valence-corrected chi connectivity index (χ3v) is 3.06. The van der Waals surface area contributed by atoms with Crippen LogP contribution in [0, 0.1) is 0 Å². The molecule has 0 heterocycles. The molecule has 2 aromatic carbocycles. The van der Waals surface area contributed by atoms with Crippen LogP contribution in [-0.4, -0.2) is 13.0 Å². The van der Waals surface area contributed by atoms with Gasteiger partial charge in [0.15, 0.2) is 0 Å². The van der Waals surface area contributed by atoms with Crippen LogP contribution in [0.1, 0.15) is 24.9 Å². The van der Waals surface area contributed by atoms with Crippen molar-refractivity contribution in [2.75, 3.05) is 6.54 Å². The largest absolute Gasteiger partial charge is 0.457 e. The average molecular weight is 291 g/mol. The molecule has 0 aliphatic rings. The van der Waals surface area contributed by atoms with Gasteiger partial charge in [-0.1, -0.05) is 37.3 Å². The molecule has 2 nitrogen and oxygen atoms in total. The number of benzene rings is 2. The summed E-state index contributed by atoms with van der Waals surface area (Å²) in [7, 11) is 0. The van der Waals surface area contributed by atoms with Crippen LogP contribution >= 0.6 is 0 Å². The summed E-state index contributed by atoms with van der Waals surface area (Å²) in [6.45, 7) is 2.50. The van der Waals surface area contributed by atoms with E-state index >= 15 is 0 Å². The van der Waals surface area contributed by atoms with Gasteiger partial charge in [0, 0.05) is 0 Å². The summed E-state index contributed by atoms with van der Waals surface area (Å²) in [4.78, 5) is 0. The van der Waals surface area contributed by atoms with E-state index in [1.54, 1.807) is 24.3 Å². The summed E-state index contributed by atoms with van der Waals surface area (Å²) in [5, 5.41) is 2.87. The van der Waals surface area contributed by atoms with Crippen molar-refractivity contribution in [3.63, 3.8) is 0 Å². The van der Waals surface area contributed by atoms with Crippen LogP contribution in [0.3, 0.4) is 0 Å². The van der Waals surface area contributed by atoms with E-state index in [0.717, 1.165) is 6.42 Å². The van der Waals surface area contributed by atoms with Crippen LogP contribution in [0.4, 0.5) is 8.78 Å². The minimum Gasteiger partial charge on any atom is -0.457 e. The van der Waals surface area contributed by atoms with Crippen molar-refractivity contribution in [2.45, 2.75) is 25.8 Å². The van der Waals surface area contributed by atoms with Crippen LogP contribution < -0.4 is 10.1 Å². The number of halogens is 2. The van der Waals surface area contributed by atoms with Crippen molar-refractivity contribution in [2.24, 2.45) is 0 Å². The third-order valence-electron chi connectivity index (χ3n) is 3.06. The molecule has 0 saturated heterocycles. The maximum atomic E-state index is 13.2. The number of hydrogen-bond donors (Lipinski definition) is 1. The molecule has 0 fully saturated rings. The molecular weight excluding hydrogens is 272 g/mol. The lowest BCUT2D eigenvalue weighted by Crippen LogP contribution is -2.27. The Morgan fingerprint density at radius 3 is 2.38 bits per heavy atom. The first-order valence-corrected chi connectivity index (χ1v) is 7.05. The average Bonchev–Trinajstić information content (AvgIpc) is 2.49. The lowest BCUT2D eigenvalue weighted by atomic mass is 10.1. The Bertz CT molecular complexity index is 545. The monoisotopic (exact) mass is 291 g/mol. The first kappa shape index (κ1) is 15.4. The van der Waals surface area contributed by atoms with Gasteiger partial charge in [-0.25, -0.2) is 8.78 Å². The Labute approximate surface area is 123 Å². The number of alkyl halides is 2. The molecule has 0 radical (unpaired) electrons. The van der Waals surface area contributed by atoms with Gasteiger partial charge in [0.2, 0.25) is 0 Å². The fourth-order valence-electron chi connectivity index (χ4n) is 2.05. The van der Waals surface area contributed by atoms with Gasteiger partial charge >= 0.3 is 0 Å². The van der Waals surface area contributed by atoms with Crippen molar-refractivity contribution in [1.82, 2.24) is 5.32 Å². The highest BCUT2D eigenvalue weighted by Crippen LogP contribution is 2.27. The Morgan fingerprint density at radius 1 is 1.00 bits per heavy atom. The maximum Gasteiger partial charge on any atom is 0.257 e. The van der Waals surface area contributed by atoms with E-state index < -0.39 is 12.5 Å². The number of hydrogen-bond acceptors (Lipinski definition) is 2. The molecule has 112 valence electrons. The highest BCUT2D eigenvalue weighted by Gasteiger charge is 2.21. The summed E-state index contributed by atoms with van der Waals surface area (Å²) < 4.78 is 32.0. The van der Waals surface area contributed by atoms with Gasteiger partial charge in [-0.15, -0.1) is 0 Å². The van der Waals surface area contributed by atoms with Gasteiger partial charge in [-0.2, -0.15) is 0 Å². The van der Waals surface area contributed by atoms with Gasteiger partial charge in [0.1, 0.15) is 11.5 Å². The first-order chi connectivity index (χ1) is 10.2. The van der Waals surface area contributed by atoms with Crippen LogP contribution in [0.15, 0.2) is 54.6 Å². The molecule has 1 unspecified atom stereocenters. The predicted molar refractivity (Wildman–Crippen MR) is 80.0 cm³/mol. The summed E-state index contributed by atoms with van der Waals surface area (Å²) in [6.07, 6.45) is -1.65. The molecule has 21 heavy (non-hydrogen) atoms. The van der Waals surface area contributed by atoms with Crippen LogP contribution in [0.25, 0.3) is 0 Å². The molecule has 0 aromatic heterocycles. The van der Waals surface area contributed by atoms with Gasteiger partial charge in [0.25, 0.3) is 6.43 Å². The molecule has 0 aliphatic carbocycles. The van der Waals surface area contributed by atoms with E-state index in [4.69, 9.17) is 4.74 Å². The molecule has 0 aliphatic heterocycles. The smallest absolute Gasteiger partial charge is 0.257 e. The molecule has 1 atom stereocenters. The van der Waals surface area contributed by atoms with Crippen molar-refractivity contribution >= 4 is 0 Å². The van der Waals surface area contributed by atoms with Crippen LogP contribution in [0.5, 0.6) is 11.5 Å². The Morgan fingerprint density at radius 2 is 1.71 bits per heavy atom. The van der Waals surface area contributed by atoms with E-state index in [9.17, 15) is 8.78 Å². The molecule has 0 amide bonds. The van der Waals surface area contributed by atoms with E-state index in [2.05, 4.69) is 5.32 Å². The maximum absolute atomic E-state index is 13.2. The topological polar surface area (TPSA) is 21.3 Å². The molecule has 2 rings (SSSR count). The third kappa shape index (κ3) is 4.53. The highest BCUT2D eigenvalue weighted by molar-refractivity contribution is 5.35. The number of para-hydroxylation sites is 1. The summed E-state index contributed by atoms with van der Waals surface area (Å²) in [5.74, 6) is 1.24. The second kappa shape index (κ2) is 7.74. The SMILES string of the molecule is CCCNC(c1cccc(Oc2ccccc2)c1)C(F)F. The second-order valence-corrected chi connectivity index (χ2v) is 4.75. The fourth-order valence-corrected chi connectivity index (χ4v) is 2.05. The predicted octanol–water partition coefficient (Wildman–Crippen LogP) is 4.78. The first-order valence-electron chi connectivity index (χ1n) is 7.05. The van der Waals surface area contributed by atoms with Crippen molar-refractivity contribution < 1.29 is 13.5 Å². The lowest BCUT2D eigenvalue weighted by Gasteiger charge is -2.18. The summed E-state index contributed by atoms with van der Waals surface area (Å²) >= 11 is 0.